The van der Waals surface area contributed by atoms with E-state index in [9.17, 15) is 13.2 Å². The molecule has 0 radical (unpaired) electrons. The Morgan fingerprint density at radius 1 is 1.13 bits per heavy atom. The van der Waals surface area contributed by atoms with Crippen molar-refractivity contribution in [3.05, 3.63) is 53.6 Å². The molecule has 8 heteroatoms. The molecule has 1 amide bonds. The summed E-state index contributed by atoms with van der Waals surface area (Å²) in [6.07, 6.45) is 0.563. The van der Waals surface area contributed by atoms with Crippen molar-refractivity contribution < 1.29 is 22.7 Å². The number of carbonyl (C=O) groups is 1. The highest BCUT2D eigenvalue weighted by atomic mass is 32.2. The minimum atomic E-state index is -3.56. The van der Waals surface area contributed by atoms with Gasteiger partial charge in [-0.2, -0.15) is 0 Å². The predicted octanol–water partition coefficient (Wildman–Crippen LogP) is 2.77. The highest BCUT2D eigenvalue weighted by Crippen LogP contribution is 2.25. The molecule has 2 rings (SSSR count). The molecule has 0 fully saturated rings. The first-order valence-electron chi connectivity index (χ1n) is 9.72. The molecule has 7 nitrogen and oxygen atoms in total. The molecule has 1 atom stereocenters. The molecule has 30 heavy (non-hydrogen) atoms. The van der Waals surface area contributed by atoms with Gasteiger partial charge in [0, 0.05) is 20.5 Å². The van der Waals surface area contributed by atoms with Crippen molar-refractivity contribution in [3.8, 4) is 11.5 Å². The van der Waals surface area contributed by atoms with Gasteiger partial charge in [0.25, 0.3) is 0 Å². The number of amides is 1. The molecule has 0 unspecified atom stereocenters. The molecule has 1 N–H and O–H groups in total. The van der Waals surface area contributed by atoms with Crippen molar-refractivity contribution in [2.45, 2.75) is 37.6 Å². The number of benzene rings is 2. The first kappa shape index (κ1) is 23.7. The topological polar surface area (TPSA) is 84.9 Å². The third-order valence-corrected chi connectivity index (χ3v) is 6.45. The lowest BCUT2D eigenvalue weighted by atomic mass is 10.1. The Morgan fingerprint density at radius 2 is 1.83 bits per heavy atom. The third-order valence-electron chi connectivity index (χ3n) is 4.64. The molecule has 0 bridgehead atoms. The molecule has 164 valence electrons. The van der Waals surface area contributed by atoms with Crippen LogP contribution in [0.5, 0.6) is 11.5 Å². The summed E-state index contributed by atoms with van der Waals surface area (Å²) in [6.45, 7) is 4.20. The number of rotatable bonds is 10. The number of hydrogen-bond donors (Lipinski definition) is 1. The average Bonchev–Trinajstić information content (AvgIpc) is 2.71. The maximum Gasteiger partial charge on any atom is 0.242 e. The molecular weight excluding hydrogens is 404 g/mol. The molecule has 2 aromatic rings. The van der Waals surface area contributed by atoms with Gasteiger partial charge in [-0.05, 0) is 55.7 Å². The molecule has 0 saturated heterocycles. The molecule has 0 heterocycles. The van der Waals surface area contributed by atoms with Crippen LogP contribution in [0.3, 0.4) is 0 Å². The van der Waals surface area contributed by atoms with Crippen LogP contribution in [0.4, 0.5) is 0 Å². The smallest absolute Gasteiger partial charge is 0.242 e. The van der Waals surface area contributed by atoms with E-state index < -0.39 is 10.0 Å². The SMILES string of the molecule is COc1ccc(S(=O)(=O)N(C)C)cc1CCC(=O)N[C@H](C)COc1ccccc1C. The number of ether oxygens (including phenoxy) is 2. The Balaban J connectivity index is 1.95. The summed E-state index contributed by atoms with van der Waals surface area (Å²) in [7, 11) is 0.918. The van der Waals surface area contributed by atoms with E-state index in [1.54, 1.807) is 12.1 Å². The quantitative estimate of drug-likeness (QED) is 0.622. The Hall–Kier alpha value is -2.58. The zero-order valence-corrected chi connectivity index (χ0v) is 19.0. The van der Waals surface area contributed by atoms with E-state index in [2.05, 4.69) is 5.32 Å². The molecule has 2 aromatic carbocycles. The number of hydrogen-bond acceptors (Lipinski definition) is 5. The standard InChI is InChI=1S/C22H30N2O5S/c1-16-8-6-7-9-20(16)29-15-17(2)23-22(25)13-10-18-14-19(11-12-21(18)28-5)30(26,27)24(3)4/h6-9,11-12,14,17H,10,13,15H2,1-5H3,(H,23,25)/t17-/m1/s1. The number of aryl methyl sites for hydroxylation is 2. The first-order valence-corrected chi connectivity index (χ1v) is 11.2. The lowest BCUT2D eigenvalue weighted by Crippen LogP contribution is -2.37. The van der Waals surface area contributed by atoms with Gasteiger partial charge in [0.2, 0.25) is 15.9 Å². The van der Waals surface area contributed by atoms with E-state index in [1.165, 1.54) is 27.3 Å². The molecule has 0 aliphatic rings. The fourth-order valence-corrected chi connectivity index (χ4v) is 3.84. The summed E-state index contributed by atoms with van der Waals surface area (Å²) in [6, 6.07) is 12.2. The van der Waals surface area contributed by atoms with Crippen molar-refractivity contribution in [2.75, 3.05) is 27.8 Å². The van der Waals surface area contributed by atoms with E-state index in [0.717, 1.165) is 15.6 Å². The van der Waals surface area contributed by atoms with E-state index in [4.69, 9.17) is 9.47 Å². The summed E-state index contributed by atoms with van der Waals surface area (Å²) in [5.41, 5.74) is 1.70. The lowest BCUT2D eigenvalue weighted by Gasteiger charge is -2.17. The molecule has 0 aliphatic carbocycles. The summed E-state index contributed by atoms with van der Waals surface area (Å²) >= 11 is 0. The second-order valence-corrected chi connectivity index (χ2v) is 9.46. The summed E-state index contributed by atoms with van der Waals surface area (Å²) in [4.78, 5) is 12.5. The van der Waals surface area contributed by atoms with Crippen LogP contribution in [-0.4, -0.2) is 52.5 Å². The van der Waals surface area contributed by atoms with Crippen LogP contribution < -0.4 is 14.8 Å². The third kappa shape index (κ3) is 6.21. The van der Waals surface area contributed by atoms with E-state index in [0.29, 0.717) is 24.3 Å². The van der Waals surface area contributed by atoms with Crippen LogP contribution in [0.25, 0.3) is 0 Å². The summed E-state index contributed by atoms with van der Waals surface area (Å²) < 4.78 is 37.0. The Kier molecular flexibility index (Phi) is 8.25. The van der Waals surface area contributed by atoms with E-state index >= 15 is 0 Å². The minimum Gasteiger partial charge on any atom is -0.496 e. The van der Waals surface area contributed by atoms with Gasteiger partial charge in [-0.1, -0.05) is 18.2 Å². The van der Waals surface area contributed by atoms with Crippen molar-refractivity contribution in [1.82, 2.24) is 9.62 Å². The molecular formula is C22H30N2O5S. The monoisotopic (exact) mass is 434 g/mol. The molecule has 0 saturated carbocycles. The predicted molar refractivity (Wildman–Crippen MR) is 116 cm³/mol. The molecule has 0 aromatic heterocycles. The lowest BCUT2D eigenvalue weighted by molar-refractivity contribution is -0.121. The zero-order chi connectivity index (χ0) is 22.3. The van der Waals surface area contributed by atoms with Crippen LogP contribution >= 0.6 is 0 Å². The summed E-state index contributed by atoms with van der Waals surface area (Å²) in [5, 5.41) is 2.91. The van der Waals surface area contributed by atoms with Crippen molar-refractivity contribution in [2.24, 2.45) is 0 Å². The van der Waals surface area contributed by atoms with Gasteiger partial charge in [-0.3, -0.25) is 4.79 Å². The van der Waals surface area contributed by atoms with Crippen molar-refractivity contribution in [1.29, 1.82) is 0 Å². The zero-order valence-electron chi connectivity index (χ0n) is 18.1. The normalized spacial score (nSPS) is 12.5. The largest absolute Gasteiger partial charge is 0.496 e. The van der Waals surface area contributed by atoms with E-state index in [1.807, 2.05) is 38.1 Å². The van der Waals surface area contributed by atoms with E-state index in [-0.39, 0.29) is 23.3 Å². The number of nitrogens with zero attached hydrogens (tertiary/aromatic N) is 1. The average molecular weight is 435 g/mol. The van der Waals surface area contributed by atoms with Gasteiger partial charge in [-0.15, -0.1) is 0 Å². The highest BCUT2D eigenvalue weighted by molar-refractivity contribution is 7.89. The highest BCUT2D eigenvalue weighted by Gasteiger charge is 2.19. The van der Waals surface area contributed by atoms with Gasteiger partial charge in [0.1, 0.15) is 18.1 Å². The summed E-state index contributed by atoms with van der Waals surface area (Å²) in [5.74, 6) is 1.21. The number of carbonyl (C=O) groups excluding carboxylic acids is 1. The number of sulfonamides is 1. The maximum atomic E-state index is 12.4. The van der Waals surface area contributed by atoms with Crippen molar-refractivity contribution >= 4 is 15.9 Å². The van der Waals surface area contributed by atoms with Crippen molar-refractivity contribution in [3.63, 3.8) is 0 Å². The fraction of sp³-hybridized carbons (Fsp3) is 0.409. The fourth-order valence-electron chi connectivity index (χ4n) is 2.89. The maximum absolute atomic E-state index is 12.4. The van der Waals surface area contributed by atoms with Crippen LogP contribution in [0, 0.1) is 6.92 Å². The van der Waals surface area contributed by atoms with Crippen LogP contribution in [-0.2, 0) is 21.2 Å². The van der Waals surface area contributed by atoms with Crippen LogP contribution in [0.2, 0.25) is 0 Å². The van der Waals surface area contributed by atoms with Gasteiger partial charge >= 0.3 is 0 Å². The van der Waals surface area contributed by atoms with Crippen LogP contribution in [0.15, 0.2) is 47.4 Å². The second-order valence-electron chi connectivity index (χ2n) is 7.31. The number of para-hydroxylation sites is 1. The first-order chi connectivity index (χ1) is 14.1. The molecule has 0 aliphatic heterocycles. The Labute approximate surface area is 179 Å². The van der Waals surface area contributed by atoms with Crippen LogP contribution in [0.1, 0.15) is 24.5 Å². The van der Waals surface area contributed by atoms with Gasteiger partial charge in [0.05, 0.1) is 18.0 Å². The van der Waals surface area contributed by atoms with Gasteiger partial charge < -0.3 is 14.8 Å². The van der Waals surface area contributed by atoms with Gasteiger partial charge in [0.15, 0.2) is 0 Å². The Bertz CT molecular complexity index is 973. The number of methoxy groups -OCH3 is 1. The van der Waals surface area contributed by atoms with Gasteiger partial charge in [-0.25, -0.2) is 12.7 Å². The second kappa shape index (κ2) is 10.4. The number of nitrogens with one attached hydrogen (secondary N) is 1. The molecule has 0 spiro atoms. The minimum absolute atomic E-state index is 0.140. The Morgan fingerprint density at radius 3 is 2.47 bits per heavy atom.